The fourth-order valence-electron chi connectivity index (χ4n) is 1.33. The lowest BCUT2D eigenvalue weighted by atomic mass is 10.4. The van der Waals surface area contributed by atoms with Crippen LogP contribution in [0.3, 0.4) is 0 Å². The number of alkyl halides is 10. The minimum Gasteiger partial charge on any atom is -0.172 e. The molecule has 0 atom stereocenters. The molecule has 0 nitrogen and oxygen atoms in total. The van der Waals surface area contributed by atoms with E-state index in [9.17, 15) is 8.78 Å². The van der Waals surface area contributed by atoms with Crippen molar-refractivity contribution in [1.29, 1.82) is 0 Å². The molecule has 0 aliphatic rings. The first-order valence-electron chi connectivity index (χ1n) is 10.7. The summed E-state index contributed by atoms with van der Waals surface area (Å²) in [6.45, 7) is 4.78. The zero-order valence-electron chi connectivity index (χ0n) is 22.1. The average Bonchev–Trinajstić information content (AvgIpc) is 2.87. The maximum atomic E-state index is 10.6. The summed E-state index contributed by atoms with van der Waals surface area (Å²) in [7, 11) is 0. The first-order valence-corrected chi connectivity index (χ1v) is 18.6. The van der Waals surface area contributed by atoms with Crippen molar-refractivity contribution >= 4 is 194 Å². The predicted molar refractivity (Wildman–Crippen MR) is 212 cm³/mol. The molecule has 0 aliphatic heterocycles. The molecule has 0 radical (unpaired) electrons. The van der Waals surface area contributed by atoms with Crippen LogP contribution in [0.15, 0.2) is 83.9 Å². The van der Waals surface area contributed by atoms with Crippen molar-refractivity contribution in [3.05, 3.63) is 114 Å². The highest BCUT2D eigenvalue weighted by atomic mass is 79.9. The van der Waals surface area contributed by atoms with E-state index in [2.05, 4.69) is 61.6 Å². The van der Waals surface area contributed by atoms with E-state index < -0.39 is 4.84 Å². The lowest BCUT2D eigenvalue weighted by molar-refractivity contribution is 0.194. The summed E-state index contributed by atoms with van der Waals surface area (Å²) < 4.78 is 22.1. The van der Waals surface area contributed by atoms with Crippen molar-refractivity contribution in [1.82, 2.24) is 0 Å². The Labute approximate surface area is 345 Å². The SMILES string of the molecule is BrCBr.C=C(Cl)Cl.CC(Cl)Cl.ClCCCl.Clc1ccc(Cl)cc1.Clc1cccc(Cl)c1.Clc1ccccc1Cl.FC(F)(Cl)Cl. The van der Waals surface area contributed by atoms with Gasteiger partial charge in [0, 0.05) is 31.9 Å². The second-order valence-corrected chi connectivity index (χ2v) is 15.8. The number of hydrogen-bond acceptors (Lipinski definition) is 0. The Morgan fingerprint density at radius 1 is 0.682 bits per heavy atom. The molecule has 18 heteroatoms. The van der Waals surface area contributed by atoms with E-state index >= 15 is 0 Å². The first kappa shape index (κ1) is 55.7. The molecule has 0 amide bonds. The first-order chi connectivity index (χ1) is 20.2. The molecule has 0 fully saturated rings. The third-order valence-electron chi connectivity index (χ3n) is 2.49. The van der Waals surface area contributed by atoms with E-state index in [4.69, 9.17) is 139 Å². The van der Waals surface area contributed by atoms with Gasteiger partial charge in [-0.05, 0) is 84.7 Å². The Morgan fingerprint density at radius 3 is 1.05 bits per heavy atom. The lowest BCUT2D eigenvalue weighted by Crippen LogP contribution is -1.86. The van der Waals surface area contributed by atoms with E-state index in [1.165, 1.54) is 0 Å². The molecule has 0 bridgehead atoms. The number of benzene rings is 3. The van der Waals surface area contributed by atoms with Gasteiger partial charge in [0.1, 0.15) is 4.84 Å². The van der Waals surface area contributed by atoms with Gasteiger partial charge in [0.15, 0.2) is 0 Å². The Balaban J connectivity index is -0.000000136. The van der Waals surface area contributed by atoms with Crippen LogP contribution >= 0.6 is 194 Å². The third-order valence-corrected chi connectivity index (χ3v) is 4.79. The van der Waals surface area contributed by atoms with Crippen LogP contribution in [0.2, 0.25) is 30.1 Å². The summed E-state index contributed by atoms with van der Waals surface area (Å²) in [5.74, 6) is 1.11. The van der Waals surface area contributed by atoms with E-state index in [1.807, 2.05) is 18.2 Å². The molecule has 0 aliphatic carbocycles. The highest BCUT2D eigenvalue weighted by molar-refractivity contribution is 9.24. The molecule has 0 N–H and O–H groups in total. The van der Waals surface area contributed by atoms with Gasteiger partial charge < -0.3 is 0 Å². The highest BCUT2D eigenvalue weighted by Gasteiger charge is 2.17. The molecule has 3 rings (SSSR count). The molecule has 0 saturated carbocycles. The number of hydrogen-bond donors (Lipinski definition) is 0. The second-order valence-electron chi connectivity index (χ2n) is 6.06. The molecule has 0 spiro atoms. The summed E-state index contributed by atoms with van der Waals surface area (Å²) in [4.78, 5) is -3.78. The van der Waals surface area contributed by atoms with E-state index in [0.717, 1.165) is 14.3 Å². The molecule has 254 valence electrons. The van der Waals surface area contributed by atoms with Crippen molar-refractivity contribution in [2.24, 2.45) is 0 Å². The van der Waals surface area contributed by atoms with Crippen LogP contribution in [0.25, 0.3) is 0 Å². The highest BCUT2D eigenvalue weighted by Crippen LogP contribution is 2.22. The van der Waals surface area contributed by atoms with Gasteiger partial charge in [-0.15, -0.1) is 46.4 Å². The quantitative estimate of drug-likeness (QED) is 0.213. The zero-order chi connectivity index (χ0) is 35.7. The second kappa shape index (κ2) is 39.7. The van der Waals surface area contributed by atoms with Gasteiger partial charge in [-0.2, -0.15) is 8.78 Å². The summed E-state index contributed by atoms with van der Waals surface area (Å²) in [6.07, 6.45) is 0. The molecule has 44 heavy (non-hydrogen) atoms. The van der Waals surface area contributed by atoms with Crippen LogP contribution in [0.1, 0.15) is 6.92 Å². The van der Waals surface area contributed by atoms with E-state index in [-0.39, 0.29) is 9.33 Å². The van der Waals surface area contributed by atoms with Crippen molar-refractivity contribution < 1.29 is 8.78 Å². The maximum Gasteiger partial charge on any atom is 0.401 e. The smallest absolute Gasteiger partial charge is 0.172 e. The van der Waals surface area contributed by atoms with Crippen LogP contribution in [-0.4, -0.2) is 25.7 Å². The Kier molecular flexibility index (Phi) is 50.3. The standard InChI is InChI=1S/3C6H4Cl2.C2H4Cl2.C2H2Cl2.C2H4Cl2.CH2Br2.CCl2F2/c7-5-1-2-6(8)4-3-5;7-5-2-1-3-6(8)4-5;7-5-3-1-2-4-6(5)8;2*1-2(3)4;3-1-2-4;2-1-3;2-1(3,4)5/h3*1-4H;2H,1H3;1H2;1-2H2;1H2;. The van der Waals surface area contributed by atoms with Gasteiger partial charge in [-0.1, -0.05) is 149 Å². The molecule has 0 saturated heterocycles. The van der Waals surface area contributed by atoms with Crippen LogP contribution in [0, 0.1) is 0 Å². The monoisotopic (exact) mass is 1020 g/mol. The van der Waals surface area contributed by atoms with Crippen molar-refractivity contribution in [3.8, 4) is 0 Å². The number of rotatable bonds is 1. The van der Waals surface area contributed by atoms with Gasteiger partial charge in [0.05, 0.1) is 18.8 Å². The molecule has 0 unspecified atom stereocenters. The minimum atomic E-state index is -3.56. The summed E-state index contributed by atoms with van der Waals surface area (Å²) in [6, 6.07) is 21.3. The van der Waals surface area contributed by atoms with Crippen LogP contribution in [0.4, 0.5) is 8.78 Å². The third kappa shape index (κ3) is 70.6. The van der Waals surface area contributed by atoms with Crippen LogP contribution in [0.5, 0.6) is 0 Å². The van der Waals surface area contributed by atoms with E-state index in [1.54, 1.807) is 61.5 Å². The van der Waals surface area contributed by atoms with E-state index in [0.29, 0.717) is 31.9 Å². The maximum absolute atomic E-state index is 10.6. The summed E-state index contributed by atoms with van der Waals surface area (Å²) in [5, 5.41) is 4.00. The van der Waals surface area contributed by atoms with Gasteiger partial charge in [-0.25, -0.2) is 0 Å². The average molecular weight is 1030 g/mol. The summed E-state index contributed by atoms with van der Waals surface area (Å²) >= 11 is 77.3. The molecule has 3 aromatic carbocycles. The zero-order valence-corrected chi connectivity index (χ0v) is 35.9. The largest absolute Gasteiger partial charge is 0.401 e. The number of halogens is 18. The Hall–Kier alpha value is 2.28. The van der Waals surface area contributed by atoms with Crippen molar-refractivity contribution in [3.63, 3.8) is 0 Å². The van der Waals surface area contributed by atoms with Crippen molar-refractivity contribution in [2.75, 3.05) is 16.0 Å². The van der Waals surface area contributed by atoms with Gasteiger partial charge in [0.2, 0.25) is 0 Å². The van der Waals surface area contributed by atoms with Crippen LogP contribution in [-0.2, 0) is 0 Å². The Bertz CT molecular complexity index is 968. The molecule has 0 aromatic heterocycles. The van der Waals surface area contributed by atoms with Crippen LogP contribution < -0.4 is 0 Å². The topological polar surface area (TPSA) is 0 Å². The fourth-order valence-corrected chi connectivity index (χ4v) is 2.29. The summed E-state index contributed by atoms with van der Waals surface area (Å²) in [5.41, 5.74) is 0. The van der Waals surface area contributed by atoms with Gasteiger partial charge >= 0.3 is 4.84 Å². The normalized spacial score (nSPS) is 8.91. The van der Waals surface area contributed by atoms with Gasteiger partial charge in [0.25, 0.3) is 0 Å². The fraction of sp³-hybridized carbons (Fsp3) is 0.231. The molecule has 0 heterocycles. The van der Waals surface area contributed by atoms with Crippen molar-refractivity contribution in [2.45, 2.75) is 16.6 Å². The molecular weight excluding hydrogens is 1010 g/mol. The predicted octanol–water partition coefficient (Wildman–Crippen LogP) is 17.9. The lowest BCUT2D eigenvalue weighted by Gasteiger charge is -1.88. The Morgan fingerprint density at radius 2 is 0.909 bits per heavy atom. The molecular formula is C26H24Br2Cl14F2. The minimum absolute atomic E-state index is 0.111. The van der Waals surface area contributed by atoms with Gasteiger partial charge in [-0.3, -0.25) is 0 Å². The molecule has 3 aromatic rings.